The molecule has 0 saturated carbocycles. The number of carboxylic acid groups (broad SMARTS) is 2. The molecule has 0 radical (unpaired) electrons. The van der Waals surface area contributed by atoms with Crippen LogP contribution in [-0.4, -0.2) is 11.9 Å². The van der Waals surface area contributed by atoms with Crippen LogP contribution in [0.1, 0.15) is 13.3 Å². The quantitative estimate of drug-likeness (QED) is 0.316. The second-order valence-electron chi connectivity index (χ2n) is 1.60. The molecule has 0 aromatic heterocycles. The maximum absolute atomic E-state index is 9.84. The van der Waals surface area contributed by atoms with Crippen molar-refractivity contribution in [3.8, 4) is 0 Å². The maximum atomic E-state index is 9.84. The van der Waals surface area contributed by atoms with E-state index in [9.17, 15) is 19.8 Å². The summed E-state index contributed by atoms with van der Waals surface area (Å²) in [4.78, 5) is 19.7. The van der Waals surface area contributed by atoms with E-state index in [-0.39, 0.29) is 65.5 Å². The van der Waals surface area contributed by atoms with Gasteiger partial charge in [-0.1, -0.05) is 6.92 Å². The van der Waals surface area contributed by atoms with Gasteiger partial charge in [0.2, 0.25) is 0 Å². The number of carbonyl (C=O) groups is 2. The van der Waals surface area contributed by atoms with Crippen molar-refractivity contribution in [1.82, 2.24) is 0 Å². The van der Waals surface area contributed by atoms with Crippen LogP contribution in [0.3, 0.4) is 0 Å². The molecule has 0 fully saturated rings. The van der Waals surface area contributed by atoms with Crippen LogP contribution in [0, 0.1) is 5.92 Å². The van der Waals surface area contributed by atoms with Gasteiger partial charge in [-0.25, -0.2) is 0 Å². The Kier molecular flexibility index (Phi) is 14.7. The molecule has 0 aliphatic rings. The van der Waals surface area contributed by atoms with Gasteiger partial charge in [0.1, 0.15) is 0 Å². The molecular formula is C5H6Na2O4. The molecule has 0 aromatic carbocycles. The number of hydrogen-bond acceptors (Lipinski definition) is 4. The first-order valence-electron chi connectivity index (χ1n) is 2.51. The fourth-order valence-electron chi connectivity index (χ4n) is 0.430. The van der Waals surface area contributed by atoms with Crippen LogP contribution in [-0.2, 0) is 9.59 Å². The molecule has 0 aliphatic carbocycles. The molecule has 11 heavy (non-hydrogen) atoms. The van der Waals surface area contributed by atoms with Gasteiger partial charge in [-0.15, -0.1) is 0 Å². The molecule has 0 unspecified atom stereocenters. The summed E-state index contributed by atoms with van der Waals surface area (Å²) in [5.74, 6) is -4.64. The Hall–Kier alpha value is 0.940. The predicted molar refractivity (Wildman–Crippen MR) is 23.8 cm³/mol. The van der Waals surface area contributed by atoms with E-state index in [0.717, 1.165) is 0 Å². The van der Waals surface area contributed by atoms with Crippen molar-refractivity contribution in [3.05, 3.63) is 0 Å². The summed E-state index contributed by atoms with van der Waals surface area (Å²) in [7, 11) is 0. The van der Waals surface area contributed by atoms with Gasteiger partial charge < -0.3 is 19.8 Å². The average Bonchev–Trinajstić information content (AvgIpc) is 1.64. The number of hydrogen-bond donors (Lipinski definition) is 0. The Bertz CT molecular complexity index is 122. The zero-order chi connectivity index (χ0) is 7.44. The van der Waals surface area contributed by atoms with Crippen molar-refractivity contribution >= 4 is 11.9 Å². The maximum Gasteiger partial charge on any atom is 1.00 e. The van der Waals surface area contributed by atoms with Gasteiger partial charge in [0.05, 0.1) is 11.9 Å². The van der Waals surface area contributed by atoms with Gasteiger partial charge in [-0.3, -0.25) is 0 Å². The fourth-order valence-corrected chi connectivity index (χ4v) is 0.430. The largest absolute Gasteiger partial charge is 1.00 e. The topological polar surface area (TPSA) is 80.3 Å². The average molecular weight is 176 g/mol. The van der Waals surface area contributed by atoms with Crippen molar-refractivity contribution in [2.75, 3.05) is 0 Å². The summed E-state index contributed by atoms with van der Waals surface area (Å²) in [6.45, 7) is 1.44. The first kappa shape index (κ1) is 17.9. The normalized spacial score (nSPS) is 7.82. The van der Waals surface area contributed by atoms with Crippen molar-refractivity contribution in [2.24, 2.45) is 5.92 Å². The smallest absolute Gasteiger partial charge is 0.549 e. The molecule has 0 saturated heterocycles. The number of rotatable bonds is 3. The van der Waals surface area contributed by atoms with Crippen molar-refractivity contribution in [1.29, 1.82) is 0 Å². The van der Waals surface area contributed by atoms with E-state index in [4.69, 9.17) is 0 Å². The summed E-state index contributed by atoms with van der Waals surface area (Å²) in [5, 5.41) is 19.7. The minimum Gasteiger partial charge on any atom is -0.549 e. The Morgan fingerprint density at radius 3 is 1.45 bits per heavy atom. The van der Waals surface area contributed by atoms with Gasteiger partial charge in [-0.2, -0.15) is 0 Å². The molecule has 4 nitrogen and oxygen atoms in total. The first-order valence-corrected chi connectivity index (χ1v) is 2.51. The molecule has 0 heterocycles. The molecule has 0 rings (SSSR count). The van der Waals surface area contributed by atoms with E-state index in [0.29, 0.717) is 0 Å². The van der Waals surface area contributed by atoms with Crippen molar-refractivity contribution in [2.45, 2.75) is 13.3 Å². The second kappa shape index (κ2) is 9.03. The summed E-state index contributed by atoms with van der Waals surface area (Å²) in [6, 6.07) is 0. The van der Waals surface area contributed by atoms with Crippen molar-refractivity contribution < 1.29 is 78.9 Å². The van der Waals surface area contributed by atoms with Crippen LogP contribution < -0.4 is 69.3 Å². The van der Waals surface area contributed by atoms with E-state index in [2.05, 4.69) is 0 Å². The molecular weight excluding hydrogens is 170 g/mol. The minimum absolute atomic E-state index is 0. The van der Waals surface area contributed by atoms with Crippen LogP contribution >= 0.6 is 0 Å². The third kappa shape index (κ3) is 7.31. The van der Waals surface area contributed by atoms with Crippen LogP contribution in [0.25, 0.3) is 0 Å². The van der Waals surface area contributed by atoms with Gasteiger partial charge in [0, 0.05) is 5.92 Å². The van der Waals surface area contributed by atoms with E-state index in [1.807, 2.05) is 0 Å². The predicted octanol–water partition coefficient (Wildman–Crippen LogP) is -8.48. The molecule has 0 bridgehead atoms. The van der Waals surface area contributed by atoms with Crippen LogP contribution in [0.15, 0.2) is 0 Å². The Labute approximate surface area is 109 Å². The molecule has 0 aliphatic heterocycles. The molecule has 0 N–H and O–H groups in total. The number of carbonyl (C=O) groups excluding carboxylic acids is 2. The Balaban J connectivity index is -0.000000320. The zero-order valence-electron chi connectivity index (χ0n) is 6.92. The van der Waals surface area contributed by atoms with Gasteiger partial charge in [0.15, 0.2) is 0 Å². The standard InChI is InChI=1S/C5H8O4.2Na/c1-2-3(4(6)7)5(8)9;;/h3H,2H2,1H3,(H,6,7)(H,8,9);;/q;2*+1/p-2. The van der Waals surface area contributed by atoms with Gasteiger partial charge in [0.25, 0.3) is 0 Å². The minimum atomic E-state index is -1.59. The molecule has 6 heteroatoms. The fraction of sp³-hybridized carbons (Fsp3) is 0.600. The van der Waals surface area contributed by atoms with E-state index in [1.165, 1.54) is 6.92 Å². The third-order valence-corrected chi connectivity index (χ3v) is 0.977. The summed E-state index contributed by atoms with van der Waals surface area (Å²) < 4.78 is 0. The second-order valence-corrected chi connectivity index (χ2v) is 1.60. The van der Waals surface area contributed by atoms with Crippen LogP contribution in [0.4, 0.5) is 0 Å². The third-order valence-electron chi connectivity index (χ3n) is 0.977. The van der Waals surface area contributed by atoms with Crippen LogP contribution in [0.2, 0.25) is 0 Å². The molecule has 0 atom stereocenters. The molecule has 0 amide bonds. The summed E-state index contributed by atoms with van der Waals surface area (Å²) in [6.07, 6.45) is 0.00463. The molecule has 0 spiro atoms. The van der Waals surface area contributed by atoms with Crippen LogP contribution in [0.5, 0.6) is 0 Å². The monoisotopic (exact) mass is 176 g/mol. The van der Waals surface area contributed by atoms with Gasteiger partial charge >= 0.3 is 59.1 Å². The molecule has 0 aromatic rings. The summed E-state index contributed by atoms with van der Waals surface area (Å²) in [5.41, 5.74) is 0. The SMILES string of the molecule is CCC(C(=O)[O-])C(=O)[O-].[Na+].[Na+]. The number of carboxylic acids is 2. The summed E-state index contributed by atoms with van der Waals surface area (Å²) >= 11 is 0. The van der Waals surface area contributed by atoms with E-state index >= 15 is 0 Å². The Morgan fingerprint density at radius 2 is 1.45 bits per heavy atom. The zero-order valence-corrected chi connectivity index (χ0v) is 10.9. The Morgan fingerprint density at radius 1 is 1.18 bits per heavy atom. The van der Waals surface area contributed by atoms with E-state index < -0.39 is 17.9 Å². The van der Waals surface area contributed by atoms with E-state index in [1.54, 1.807) is 0 Å². The number of aliphatic carboxylic acids is 2. The van der Waals surface area contributed by atoms with Crippen molar-refractivity contribution in [3.63, 3.8) is 0 Å². The first-order chi connectivity index (χ1) is 4.09. The molecule has 52 valence electrons. The van der Waals surface area contributed by atoms with Gasteiger partial charge in [-0.05, 0) is 6.42 Å².